The van der Waals surface area contributed by atoms with E-state index in [2.05, 4.69) is 15.6 Å². The molecule has 1 aromatic heterocycles. The molecule has 1 amide bonds. The van der Waals surface area contributed by atoms with E-state index in [0.29, 0.717) is 10.9 Å². The second-order valence-corrected chi connectivity index (χ2v) is 6.27. The summed E-state index contributed by atoms with van der Waals surface area (Å²) in [6, 6.07) is 13.2. The number of hydrogen-bond acceptors (Lipinski definition) is 4. The van der Waals surface area contributed by atoms with Gasteiger partial charge >= 0.3 is 0 Å². The zero-order valence-corrected chi connectivity index (χ0v) is 14.5. The third kappa shape index (κ3) is 3.74. The predicted octanol–water partition coefficient (Wildman–Crippen LogP) is 2.29. The van der Waals surface area contributed by atoms with Gasteiger partial charge in [0.25, 0.3) is 5.56 Å². The lowest BCUT2D eigenvalue weighted by Crippen LogP contribution is -2.35. The maximum atomic E-state index is 12.5. The Balaban J connectivity index is 1.76. The maximum absolute atomic E-state index is 12.5. The lowest BCUT2D eigenvalue weighted by Gasteiger charge is -2.15. The molecule has 2 aromatic carbocycles. The van der Waals surface area contributed by atoms with Crippen LogP contribution in [0, 0.1) is 13.8 Å². The Labute approximate surface area is 145 Å². The number of fused-ring (bicyclic) bond motifs is 1. The standard InChI is InChI=1S/C19H20N4O2/c1-12-4-7-15(8-5-12)14(3)20-18(24)11-23-19(25)16-10-13(2)6-9-17(16)21-22-23/h4-10,14H,11H2,1-3H3,(H,20,24)/t14-/m0/s1. The minimum Gasteiger partial charge on any atom is -0.348 e. The summed E-state index contributed by atoms with van der Waals surface area (Å²) in [6.07, 6.45) is 0. The highest BCUT2D eigenvalue weighted by atomic mass is 16.2. The van der Waals surface area contributed by atoms with Crippen molar-refractivity contribution in [1.29, 1.82) is 0 Å². The van der Waals surface area contributed by atoms with Crippen molar-refractivity contribution < 1.29 is 4.79 Å². The number of carbonyl (C=O) groups is 1. The highest BCUT2D eigenvalue weighted by Crippen LogP contribution is 2.13. The number of rotatable bonds is 4. The molecule has 3 aromatic rings. The smallest absolute Gasteiger partial charge is 0.278 e. The van der Waals surface area contributed by atoms with Crippen molar-refractivity contribution in [1.82, 2.24) is 20.3 Å². The third-order valence-corrected chi connectivity index (χ3v) is 4.13. The molecule has 1 heterocycles. The molecule has 0 radical (unpaired) electrons. The Morgan fingerprint density at radius 3 is 2.52 bits per heavy atom. The first-order valence-electron chi connectivity index (χ1n) is 8.14. The third-order valence-electron chi connectivity index (χ3n) is 4.13. The van der Waals surface area contributed by atoms with Crippen LogP contribution in [0.25, 0.3) is 10.9 Å². The number of aromatic nitrogens is 3. The SMILES string of the molecule is Cc1ccc([C@H](C)NC(=O)Cn2nnc3ccc(C)cc3c2=O)cc1. The largest absolute Gasteiger partial charge is 0.348 e. The van der Waals surface area contributed by atoms with Gasteiger partial charge in [-0.1, -0.05) is 46.7 Å². The average Bonchev–Trinajstić information content (AvgIpc) is 2.58. The summed E-state index contributed by atoms with van der Waals surface area (Å²) in [7, 11) is 0. The molecule has 0 aliphatic carbocycles. The van der Waals surface area contributed by atoms with Crippen molar-refractivity contribution in [2.45, 2.75) is 33.4 Å². The van der Waals surface area contributed by atoms with E-state index in [4.69, 9.17) is 0 Å². The van der Waals surface area contributed by atoms with Crippen molar-refractivity contribution in [3.8, 4) is 0 Å². The first-order chi connectivity index (χ1) is 11.9. The van der Waals surface area contributed by atoms with Crippen LogP contribution in [0.15, 0.2) is 47.3 Å². The van der Waals surface area contributed by atoms with Crippen LogP contribution in [-0.2, 0) is 11.3 Å². The van der Waals surface area contributed by atoms with Crippen molar-refractivity contribution in [3.63, 3.8) is 0 Å². The van der Waals surface area contributed by atoms with Crippen LogP contribution in [-0.4, -0.2) is 20.9 Å². The van der Waals surface area contributed by atoms with E-state index in [1.54, 1.807) is 12.1 Å². The lowest BCUT2D eigenvalue weighted by molar-refractivity contribution is -0.122. The van der Waals surface area contributed by atoms with E-state index in [0.717, 1.165) is 21.4 Å². The fraction of sp³-hybridized carbons (Fsp3) is 0.263. The molecule has 25 heavy (non-hydrogen) atoms. The molecule has 1 N–H and O–H groups in total. The van der Waals surface area contributed by atoms with Crippen LogP contribution in [0.5, 0.6) is 0 Å². The zero-order chi connectivity index (χ0) is 18.0. The monoisotopic (exact) mass is 336 g/mol. The van der Waals surface area contributed by atoms with Crippen LogP contribution in [0.2, 0.25) is 0 Å². The first-order valence-corrected chi connectivity index (χ1v) is 8.14. The quantitative estimate of drug-likeness (QED) is 0.793. The number of aryl methyl sites for hydroxylation is 2. The van der Waals surface area contributed by atoms with Gasteiger partial charge in [-0.05, 0) is 38.5 Å². The van der Waals surface area contributed by atoms with Crippen LogP contribution in [0.4, 0.5) is 0 Å². The zero-order valence-electron chi connectivity index (χ0n) is 14.5. The second kappa shape index (κ2) is 6.84. The fourth-order valence-corrected chi connectivity index (χ4v) is 2.66. The van der Waals surface area contributed by atoms with Crippen molar-refractivity contribution >= 4 is 16.8 Å². The van der Waals surface area contributed by atoms with E-state index in [-0.39, 0.29) is 24.1 Å². The van der Waals surface area contributed by atoms with Crippen LogP contribution >= 0.6 is 0 Å². The number of hydrogen-bond donors (Lipinski definition) is 1. The van der Waals surface area contributed by atoms with Gasteiger partial charge in [0.15, 0.2) is 0 Å². The molecular weight excluding hydrogens is 316 g/mol. The van der Waals surface area contributed by atoms with Crippen LogP contribution < -0.4 is 10.9 Å². The van der Waals surface area contributed by atoms with E-state index >= 15 is 0 Å². The Bertz CT molecular complexity index is 977. The Morgan fingerprint density at radius 1 is 1.12 bits per heavy atom. The first kappa shape index (κ1) is 16.8. The molecule has 0 bridgehead atoms. The van der Waals surface area contributed by atoms with Crippen LogP contribution in [0.3, 0.4) is 0 Å². The summed E-state index contributed by atoms with van der Waals surface area (Å²) in [5.74, 6) is -0.281. The summed E-state index contributed by atoms with van der Waals surface area (Å²) in [5, 5.41) is 11.2. The Morgan fingerprint density at radius 2 is 1.80 bits per heavy atom. The second-order valence-electron chi connectivity index (χ2n) is 6.27. The number of nitrogens with zero attached hydrogens (tertiary/aromatic N) is 3. The molecule has 0 saturated heterocycles. The highest BCUT2D eigenvalue weighted by molar-refractivity contribution is 5.79. The van der Waals surface area contributed by atoms with Gasteiger partial charge in [0.1, 0.15) is 12.1 Å². The number of amides is 1. The number of nitrogens with one attached hydrogen (secondary N) is 1. The van der Waals surface area contributed by atoms with Gasteiger partial charge in [0, 0.05) is 0 Å². The molecule has 6 nitrogen and oxygen atoms in total. The van der Waals surface area contributed by atoms with Gasteiger partial charge < -0.3 is 5.32 Å². The van der Waals surface area contributed by atoms with Gasteiger partial charge in [-0.2, -0.15) is 0 Å². The van der Waals surface area contributed by atoms with Crippen molar-refractivity contribution in [2.75, 3.05) is 0 Å². The van der Waals surface area contributed by atoms with E-state index in [1.807, 2.05) is 51.1 Å². The van der Waals surface area contributed by atoms with Crippen LogP contribution in [0.1, 0.15) is 29.7 Å². The molecular formula is C19H20N4O2. The van der Waals surface area contributed by atoms with E-state index < -0.39 is 0 Å². The minimum atomic E-state index is -0.313. The summed E-state index contributed by atoms with van der Waals surface area (Å²) in [6.45, 7) is 5.66. The summed E-state index contributed by atoms with van der Waals surface area (Å²) in [5.41, 5.74) is 3.34. The van der Waals surface area contributed by atoms with Gasteiger partial charge in [0.2, 0.25) is 5.91 Å². The van der Waals surface area contributed by atoms with Gasteiger partial charge in [-0.15, -0.1) is 5.10 Å². The van der Waals surface area contributed by atoms with E-state index in [1.165, 1.54) is 0 Å². The minimum absolute atomic E-state index is 0.153. The molecule has 0 fully saturated rings. The summed E-state index contributed by atoms with van der Waals surface area (Å²) in [4.78, 5) is 24.8. The predicted molar refractivity (Wildman–Crippen MR) is 96.3 cm³/mol. The van der Waals surface area contributed by atoms with Gasteiger partial charge in [-0.25, -0.2) is 4.68 Å². The molecule has 3 rings (SSSR count). The van der Waals surface area contributed by atoms with Gasteiger partial charge in [0.05, 0.1) is 11.4 Å². The molecule has 6 heteroatoms. The van der Waals surface area contributed by atoms with Gasteiger partial charge in [-0.3, -0.25) is 9.59 Å². The molecule has 0 saturated carbocycles. The molecule has 1 atom stereocenters. The molecule has 128 valence electrons. The summed E-state index contributed by atoms with van der Waals surface area (Å²) < 4.78 is 1.10. The Hall–Kier alpha value is -3.02. The maximum Gasteiger partial charge on any atom is 0.278 e. The molecule has 0 aliphatic heterocycles. The molecule has 0 aliphatic rings. The lowest BCUT2D eigenvalue weighted by atomic mass is 10.1. The number of carbonyl (C=O) groups excluding carboxylic acids is 1. The normalized spacial score (nSPS) is 12.1. The topological polar surface area (TPSA) is 76.9 Å². The average molecular weight is 336 g/mol. The molecule has 0 spiro atoms. The Kier molecular flexibility index (Phi) is 4.61. The highest BCUT2D eigenvalue weighted by Gasteiger charge is 2.13. The van der Waals surface area contributed by atoms with Crippen molar-refractivity contribution in [3.05, 3.63) is 69.5 Å². The molecule has 0 unspecified atom stereocenters. The summed E-state index contributed by atoms with van der Waals surface area (Å²) >= 11 is 0. The van der Waals surface area contributed by atoms with E-state index in [9.17, 15) is 9.59 Å². The fourth-order valence-electron chi connectivity index (χ4n) is 2.66. The number of benzene rings is 2. The van der Waals surface area contributed by atoms with Crippen molar-refractivity contribution in [2.24, 2.45) is 0 Å².